The van der Waals surface area contributed by atoms with Crippen molar-refractivity contribution in [2.75, 3.05) is 72.0 Å². The number of fused-ring (bicyclic) bond motifs is 3. The highest BCUT2D eigenvalue weighted by Gasteiger charge is 2.33. The summed E-state index contributed by atoms with van der Waals surface area (Å²) in [4.78, 5) is 30.3. The molecule has 0 aliphatic carbocycles. The molecule has 1 fully saturated rings. The summed E-state index contributed by atoms with van der Waals surface area (Å²) in [5.41, 5.74) is 1.38. The standard InChI is InChI=1S/C23H29N7O5S/c1-24-22-26-17(14-36-22)35-23(31)28-21-27-18-15(20-25-6-8-30(20)21)4-5-16(19(18)32-2)34-11-3-7-29-9-12-33-13-10-29/h4-5,14H,3,6-13H2,1-2H3,(H,24,26)(H,27,28,31). The first-order chi connectivity index (χ1) is 17.7. The second kappa shape index (κ2) is 11.1. The van der Waals surface area contributed by atoms with E-state index in [4.69, 9.17) is 23.9 Å². The third-order valence-corrected chi connectivity index (χ3v) is 6.78. The van der Waals surface area contributed by atoms with Gasteiger partial charge in [-0.2, -0.15) is 4.98 Å². The summed E-state index contributed by atoms with van der Waals surface area (Å²) in [6.45, 7) is 6.14. The van der Waals surface area contributed by atoms with Gasteiger partial charge in [-0.05, 0) is 18.6 Å². The van der Waals surface area contributed by atoms with E-state index in [0.29, 0.717) is 48.0 Å². The van der Waals surface area contributed by atoms with Gasteiger partial charge in [0.2, 0.25) is 11.8 Å². The van der Waals surface area contributed by atoms with Crippen LogP contribution in [0.15, 0.2) is 27.5 Å². The van der Waals surface area contributed by atoms with Gasteiger partial charge in [0.1, 0.15) is 11.5 Å². The van der Waals surface area contributed by atoms with Gasteiger partial charge in [-0.3, -0.25) is 20.1 Å². The van der Waals surface area contributed by atoms with Crippen LogP contribution in [0.5, 0.6) is 17.4 Å². The van der Waals surface area contributed by atoms with Gasteiger partial charge in [-0.25, -0.2) is 9.79 Å². The minimum absolute atomic E-state index is 0.208. The lowest BCUT2D eigenvalue weighted by Gasteiger charge is -2.28. The van der Waals surface area contributed by atoms with Crippen molar-refractivity contribution in [3.05, 3.63) is 23.1 Å². The number of thiazole rings is 1. The summed E-state index contributed by atoms with van der Waals surface area (Å²) < 4.78 is 22.5. The topological polar surface area (TPSA) is 122 Å². The average molecular weight is 516 g/mol. The van der Waals surface area contributed by atoms with E-state index < -0.39 is 6.09 Å². The molecule has 0 saturated carbocycles. The fourth-order valence-corrected chi connectivity index (χ4v) is 4.80. The molecule has 12 nitrogen and oxygen atoms in total. The van der Waals surface area contributed by atoms with Gasteiger partial charge in [0.25, 0.3) is 0 Å². The maximum Gasteiger partial charge on any atom is 0.420 e. The molecule has 3 aliphatic heterocycles. The van der Waals surface area contributed by atoms with Crippen molar-refractivity contribution >= 4 is 40.0 Å². The zero-order valence-corrected chi connectivity index (χ0v) is 21.1. The Kier molecular flexibility index (Phi) is 7.49. The third kappa shape index (κ3) is 5.22. The largest absolute Gasteiger partial charge is 0.491 e. The fourth-order valence-electron chi connectivity index (χ4n) is 4.23. The molecule has 192 valence electrons. The summed E-state index contributed by atoms with van der Waals surface area (Å²) in [6, 6.07) is 3.81. The molecule has 4 heterocycles. The molecule has 0 bridgehead atoms. The second-order valence-corrected chi connectivity index (χ2v) is 9.06. The number of hydrogen-bond donors (Lipinski definition) is 2. The van der Waals surface area contributed by atoms with Gasteiger partial charge in [-0.15, -0.1) is 11.3 Å². The van der Waals surface area contributed by atoms with E-state index in [2.05, 4.69) is 25.5 Å². The van der Waals surface area contributed by atoms with Crippen molar-refractivity contribution in [2.45, 2.75) is 6.42 Å². The molecule has 1 saturated heterocycles. The highest BCUT2D eigenvalue weighted by molar-refractivity contribution is 7.13. The van der Waals surface area contributed by atoms with E-state index in [9.17, 15) is 4.79 Å². The lowest BCUT2D eigenvalue weighted by molar-refractivity contribution is 0.0357. The number of hydrogen-bond acceptors (Lipinski definition) is 12. The van der Waals surface area contributed by atoms with Crippen LogP contribution in [0.25, 0.3) is 0 Å². The van der Waals surface area contributed by atoms with Crippen LogP contribution in [0.1, 0.15) is 12.0 Å². The number of amidine groups is 1. The molecule has 1 amide bonds. The smallest absolute Gasteiger partial charge is 0.420 e. The minimum atomic E-state index is -0.689. The number of nitrogens with zero attached hydrogens (tertiary/aromatic N) is 5. The first kappa shape index (κ1) is 24.3. The van der Waals surface area contributed by atoms with E-state index in [1.165, 1.54) is 11.3 Å². The van der Waals surface area contributed by atoms with Crippen molar-refractivity contribution in [1.29, 1.82) is 0 Å². The molecule has 0 radical (unpaired) electrons. The average Bonchev–Trinajstić information content (AvgIpc) is 3.57. The predicted molar refractivity (Wildman–Crippen MR) is 136 cm³/mol. The van der Waals surface area contributed by atoms with Gasteiger partial charge < -0.3 is 24.3 Å². The number of nitrogens with one attached hydrogen (secondary N) is 2. The summed E-state index contributed by atoms with van der Waals surface area (Å²) in [5.74, 6) is 2.34. The summed E-state index contributed by atoms with van der Waals surface area (Å²) in [7, 11) is 3.33. The van der Waals surface area contributed by atoms with Crippen LogP contribution in [0.2, 0.25) is 0 Å². The van der Waals surface area contributed by atoms with Crippen LogP contribution in [0.3, 0.4) is 0 Å². The van der Waals surface area contributed by atoms with Crippen molar-refractivity contribution in [1.82, 2.24) is 20.1 Å². The first-order valence-electron chi connectivity index (χ1n) is 11.8. The Balaban J connectivity index is 1.31. The highest BCUT2D eigenvalue weighted by Crippen LogP contribution is 2.43. The molecule has 0 atom stereocenters. The number of rotatable bonds is 8. The fraction of sp³-hybridized carbons (Fsp3) is 0.478. The number of aromatic nitrogens is 1. The van der Waals surface area contributed by atoms with Gasteiger partial charge in [0.15, 0.2) is 16.6 Å². The lowest BCUT2D eigenvalue weighted by atomic mass is 10.1. The molecule has 2 N–H and O–H groups in total. The monoisotopic (exact) mass is 515 g/mol. The molecule has 0 unspecified atom stereocenters. The zero-order valence-electron chi connectivity index (χ0n) is 20.3. The molecule has 13 heteroatoms. The quantitative estimate of drug-likeness (QED) is 0.509. The molecular formula is C23H29N7O5S. The number of benzene rings is 1. The Morgan fingerprint density at radius 1 is 1.25 bits per heavy atom. The third-order valence-electron chi connectivity index (χ3n) is 5.94. The minimum Gasteiger partial charge on any atom is -0.491 e. The number of guanidine groups is 1. The molecule has 36 heavy (non-hydrogen) atoms. The highest BCUT2D eigenvalue weighted by atomic mass is 32.1. The number of carbonyl (C=O) groups is 1. The van der Waals surface area contributed by atoms with Crippen molar-refractivity contribution in [3.8, 4) is 17.4 Å². The van der Waals surface area contributed by atoms with E-state index in [-0.39, 0.29) is 5.88 Å². The Morgan fingerprint density at radius 3 is 2.89 bits per heavy atom. The van der Waals surface area contributed by atoms with E-state index >= 15 is 0 Å². The SMILES string of the molecule is CNc1nc(OC(=O)NC2=Nc3c(ccc(OCCCN4CCOCC4)c3OC)C3=NCCN23)cs1. The number of aliphatic imine (C=N–C) groups is 2. The van der Waals surface area contributed by atoms with Crippen LogP contribution in [0.4, 0.5) is 15.6 Å². The Morgan fingerprint density at radius 2 is 2.11 bits per heavy atom. The van der Waals surface area contributed by atoms with Crippen LogP contribution < -0.4 is 24.8 Å². The second-order valence-electron chi connectivity index (χ2n) is 8.20. The molecule has 1 aromatic heterocycles. The Bertz CT molecular complexity index is 1160. The van der Waals surface area contributed by atoms with Crippen LogP contribution in [0, 0.1) is 0 Å². The number of methoxy groups -OCH3 is 1. The Labute approximate surface area is 212 Å². The summed E-state index contributed by atoms with van der Waals surface area (Å²) >= 11 is 1.34. The number of carbonyl (C=O) groups excluding carboxylic acids is 1. The molecule has 3 aliphatic rings. The summed E-state index contributed by atoms with van der Waals surface area (Å²) in [5, 5.41) is 7.94. The maximum absolute atomic E-state index is 12.6. The number of anilines is 1. The lowest BCUT2D eigenvalue weighted by Crippen LogP contribution is -2.48. The zero-order chi connectivity index (χ0) is 24.9. The number of ether oxygens (including phenoxy) is 4. The number of amides is 1. The van der Waals surface area contributed by atoms with Crippen molar-refractivity contribution < 1.29 is 23.7 Å². The van der Waals surface area contributed by atoms with Crippen molar-refractivity contribution in [2.24, 2.45) is 9.98 Å². The normalized spacial score (nSPS) is 17.0. The van der Waals surface area contributed by atoms with Gasteiger partial charge in [-0.1, -0.05) is 0 Å². The predicted octanol–water partition coefficient (Wildman–Crippen LogP) is 2.15. The van der Waals surface area contributed by atoms with Gasteiger partial charge in [0, 0.05) is 38.8 Å². The van der Waals surface area contributed by atoms with Crippen LogP contribution >= 0.6 is 11.3 Å². The van der Waals surface area contributed by atoms with E-state index in [0.717, 1.165) is 50.7 Å². The molecule has 2 aromatic rings. The van der Waals surface area contributed by atoms with Crippen molar-refractivity contribution in [3.63, 3.8) is 0 Å². The van der Waals surface area contributed by atoms with E-state index in [1.807, 2.05) is 17.0 Å². The van der Waals surface area contributed by atoms with Crippen LogP contribution in [-0.2, 0) is 4.74 Å². The number of morpholine rings is 1. The van der Waals surface area contributed by atoms with Gasteiger partial charge in [0.05, 0.1) is 38.9 Å². The first-order valence-corrected chi connectivity index (χ1v) is 12.7. The van der Waals surface area contributed by atoms with Gasteiger partial charge >= 0.3 is 6.09 Å². The summed E-state index contributed by atoms with van der Waals surface area (Å²) in [6.07, 6.45) is 0.194. The molecular weight excluding hydrogens is 486 g/mol. The molecule has 1 aromatic carbocycles. The maximum atomic E-state index is 12.6. The molecule has 0 spiro atoms. The Hall–Kier alpha value is -3.42. The van der Waals surface area contributed by atoms with Crippen LogP contribution in [-0.4, -0.2) is 99.4 Å². The van der Waals surface area contributed by atoms with E-state index in [1.54, 1.807) is 19.5 Å². The molecule has 5 rings (SSSR count).